The van der Waals surface area contributed by atoms with Crippen molar-refractivity contribution in [3.05, 3.63) is 30.1 Å². The highest BCUT2D eigenvalue weighted by Gasteiger charge is 2.22. The molecule has 1 fully saturated rings. The molecule has 15 heavy (non-hydrogen) atoms. The molecule has 1 aliphatic rings. The third kappa shape index (κ3) is 2.71. The van der Waals surface area contributed by atoms with Crippen LogP contribution < -0.4 is 5.32 Å². The van der Waals surface area contributed by atoms with Gasteiger partial charge < -0.3 is 5.32 Å². The van der Waals surface area contributed by atoms with E-state index in [1.54, 1.807) is 0 Å². The van der Waals surface area contributed by atoms with Crippen LogP contribution in [0.25, 0.3) is 0 Å². The fraction of sp³-hybridized carbons (Fsp3) is 0.538. The molecule has 1 aromatic carbocycles. The van der Waals surface area contributed by atoms with Gasteiger partial charge >= 0.3 is 0 Å². The Balaban J connectivity index is 1.90. The second-order valence-electron chi connectivity index (χ2n) is 4.44. The Morgan fingerprint density at radius 3 is 2.60 bits per heavy atom. The van der Waals surface area contributed by atoms with Gasteiger partial charge in [0, 0.05) is 11.7 Å². The van der Waals surface area contributed by atoms with Crippen molar-refractivity contribution in [2.24, 2.45) is 5.92 Å². The number of rotatable bonds is 3. The van der Waals surface area contributed by atoms with Gasteiger partial charge in [0.05, 0.1) is 0 Å². The minimum absolute atomic E-state index is 0.168. The molecule has 1 N–H and O–H groups in total. The molecule has 1 saturated carbocycles. The number of nitrogens with one attached hydrogen (secondary N) is 1. The van der Waals surface area contributed by atoms with Crippen molar-refractivity contribution < 1.29 is 4.39 Å². The van der Waals surface area contributed by atoms with Crippen molar-refractivity contribution >= 4 is 5.69 Å². The average Bonchev–Trinajstić information content (AvgIpc) is 2.69. The zero-order chi connectivity index (χ0) is 10.7. The van der Waals surface area contributed by atoms with E-state index in [9.17, 15) is 4.39 Å². The van der Waals surface area contributed by atoms with Gasteiger partial charge in [0.1, 0.15) is 5.82 Å². The summed E-state index contributed by atoms with van der Waals surface area (Å²) >= 11 is 0. The van der Waals surface area contributed by atoms with Crippen LogP contribution in [0.4, 0.5) is 10.1 Å². The average molecular weight is 207 g/mol. The Labute approximate surface area is 90.7 Å². The Morgan fingerprint density at radius 1 is 1.27 bits per heavy atom. The van der Waals surface area contributed by atoms with Crippen molar-refractivity contribution in [1.29, 1.82) is 0 Å². The lowest BCUT2D eigenvalue weighted by molar-refractivity contribution is 0.525. The summed E-state index contributed by atoms with van der Waals surface area (Å²) in [5.74, 6) is 0.710. The van der Waals surface area contributed by atoms with Crippen LogP contribution >= 0.6 is 0 Å². The molecule has 2 unspecified atom stereocenters. The summed E-state index contributed by atoms with van der Waals surface area (Å²) in [5, 5.41) is 3.47. The molecular weight excluding hydrogens is 189 g/mol. The van der Waals surface area contributed by atoms with Gasteiger partial charge in [-0.15, -0.1) is 0 Å². The van der Waals surface area contributed by atoms with E-state index in [0.29, 0.717) is 6.04 Å². The molecule has 0 amide bonds. The Morgan fingerprint density at radius 2 is 2.00 bits per heavy atom. The van der Waals surface area contributed by atoms with Crippen LogP contribution in [0, 0.1) is 11.7 Å². The lowest BCUT2D eigenvalue weighted by atomic mass is 10.1. The lowest BCUT2D eigenvalue weighted by Gasteiger charge is -2.14. The van der Waals surface area contributed by atoms with Gasteiger partial charge in [0.2, 0.25) is 0 Å². The summed E-state index contributed by atoms with van der Waals surface area (Å²) in [6.45, 7) is 2.25. The van der Waals surface area contributed by atoms with E-state index in [1.165, 1.54) is 37.8 Å². The van der Waals surface area contributed by atoms with Crippen molar-refractivity contribution in [2.75, 3.05) is 5.32 Å². The summed E-state index contributed by atoms with van der Waals surface area (Å²) < 4.78 is 12.7. The van der Waals surface area contributed by atoms with Gasteiger partial charge in [0.15, 0.2) is 0 Å². The van der Waals surface area contributed by atoms with Gasteiger partial charge in [-0.3, -0.25) is 0 Å². The molecule has 0 aliphatic heterocycles. The normalized spacial score (nSPS) is 25.5. The van der Waals surface area contributed by atoms with E-state index < -0.39 is 0 Å². The minimum Gasteiger partial charge on any atom is -0.382 e. The lowest BCUT2D eigenvalue weighted by Crippen LogP contribution is -2.15. The second-order valence-corrected chi connectivity index (χ2v) is 4.44. The van der Waals surface area contributed by atoms with E-state index in [-0.39, 0.29) is 5.82 Å². The first-order valence-electron chi connectivity index (χ1n) is 5.80. The fourth-order valence-corrected chi connectivity index (χ4v) is 2.36. The largest absolute Gasteiger partial charge is 0.382 e. The number of halogens is 1. The molecule has 1 aromatic rings. The van der Waals surface area contributed by atoms with Crippen LogP contribution in [0.1, 0.15) is 32.6 Å². The molecule has 0 saturated heterocycles. The third-order valence-corrected chi connectivity index (χ3v) is 3.33. The summed E-state index contributed by atoms with van der Waals surface area (Å²) in [4.78, 5) is 0. The summed E-state index contributed by atoms with van der Waals surface area (Å²) in [7, 11) is 0. The topological polar surface area (TPSA) is 12.0 Å². The predicted octanol–water partition coefficient (Wildman–Crippen LogP) is 3.82. The third-order valence-electron chi connectivity index (χ3n) is 3.33. The Bertz CT molecular complexity index is 307. The highest BCUT2D eigenvalue weighted by molar-refractivity contribution is 5.43. The fourth-order valence-electron chi connectivity index (χ4n) is 2.36. The monoisotopic (exact) mass is 207 g/mol. The van der Waals surface area contributed by atoms with Crippen LogP contribution in [-0.2, 0) is 0 Å². The van der Waals surface area contributed by atoms with Crippen LogP contribution in [0.3, 0.4) is 0 Å². The number of hydrogen-bond acceptors (Lipinski definition) is 1. The maximum atomic E-state index is 12.7. The molecular formula is C13H18FN. The maximum Gasteiger partial charge on any atom is 0.123 e. The zero-order valence-corrected chi connectivity index (χ0v) is 9.17. The van der Waals surface area contributed by atoms with Gasteiger partial charge in [-0.05, 0) is 49.4 Å². The summed E-state index contributed by atoms with van der Waals surface area (Å²) in [6, 6.07) is 7.23. The Kier molecular flexibility index (Phi) is 3.24. The molecule has 0 heterocycles. The molecule has 0 aromatic heterocycles. The van der Waals surface area contributed by atoms with Crippen LogP contribution in [0.5, 0.6) is 0 Å². The first kappa shape index (κ1) is 10.5. The SMILES string of the molecule is CCC1CCC(Nc2ccc(F)cc2)C1. The molecule has 1 aliphatic carbocycles. The van der Waals surface area contributed by atoms with Crippen LogP contribution in [-0.4, -0.2) is 6.04 Å². The van der Waals surface area contributed by atoms with Gasteiger partial charge in [-0.2, -0.15) is 0 Å². The Hall–Kier alpha value is -1.05. The van der Waals surface area contributed by atoms with Gasteiger partial charge in [-0.25, -0.2) is 4.39 Å². The highest BCUT2D eigenvalue weighted by atomic mass is 19.1. The van der Waals surface area contributed by atoms with E-state index >= 15 is 0 Å². The highest BCUT2D eigenvalue weighted by Crippen LogP contribution is 2.30. The number of benzene rings is 1. The molecule has 0 spiro atoms. The molecule has 82 valence electrons. The number of anilines is 1. The summed E-state index contributed by atoms with van der Waals surface area (Å²) in [5.41, 5.74) is 1.04. The molecule has 0 bridgehead atoms. The first-order valence-corrected chi connectivity index (χ1v) is 5.80. The minimum atomic E-state index is -0.168. The van der Waals surface area contributed by atoms with Gasteiger partial charge in [0.25, 0.3) is 0 Å². The van der Waals surface area contributed by atoms with Crippen molar-refractivity contribution in [1.82, 2.24) is 0 Å². The van der Waals surface area contributed by atoms with E-state index in [0.717, 1.165) is 11.6 Å². The quantitative estimate of drug-likeness (QED) is 0.794. The summed E-state index contributed by atoms with van der Waals surface area (Å²) in [6.07, 6.45) is 5.11. The van der Waals surface area contributed by atoms with E-state index in [1.807, 2.05) is 12.1 Å². The molecule has 2 atom stereocenters. The van der Waals surface area contributed by atoms with Crippen molar-refractivity contribution in [3.63, 3.8) is 0 Å². The predicted molar refractivity (Wildman–Crippen MR) is 61.4 cm³/mol. The molecule has 0 radical (unpaired) electrons. The van der Waals surface area contributed by atoms with Crippen LogP contribution in [0.15, 0.2) is 24.3 Å². The zero-order valence-electron chi connectivity index (χ0n) is 9.17. The van der Waals surface area contributed by atoms with Crippen molar-refractivity contribution in [2.45, 2.75) is 38.6 Å². The first-order chi connectivity index (χ1) is 7.28. The molecule has 2 rings (SSSR count). The molecule has 2 heteroatoms. The second kappa shape index (κ2) is 4.65. The van der Waals surface area contributed by atoms with Crippen molar-refractivity contribution in [3.8, 4) is 0 Å². The van der Waals surface area contributed by atoms with Crippen LogP contribution in [0.2, 0.25) is 0 Å². The van der Waals surface area contributed by atoms with E-state index in [4.69, 9.17) is 0 Å². The molecule has 1 nitrogen and oxygen atoms in total. The number of hydrogen-bond donors (Lipinski definition) is 1. The smallest absolute Gasteiger partial charge is 0.123 e. The van der Waals surface area contributed by atoms with Gasteiger partial charge in [-0.1, -0.05) is 13.3 Å². The standard InChI is InChI=1S/C13H18FN/c1-2-10-3-6-13(9-10)15-12-7-4-11(14)5-8-12/h4-5,7-8,10,13,15H,2-3,6,9H2,1H3. The maximum absolute atomic E-state index is 12.7. The van der Waals surface area contributed by atoms with E-state index in [2.05, 4.69) is 12.2 Å².